The van der Waals surface area contributed by atoms with E-state index in [1.807, 2.05) is 6.07 Å². The van der Waals surface area contributed by atoms with Gasteiger partial charge in [-0.15, -0.1) is 0 Å². The molecule has 6 nitrogen and oxygen atoms in total. The van der Waals surface area contributed by atoms with Gasteiger partial charge in [0.05, 0.1) is 5.69 Å². The van der Waals surface area contributed by atoms with Crippen LogP contribution in [0.15, 0.2) is 42.5 Å². The van der Waals surface area contributed by atoms with Crippen molar-refractivity contribution in [2.75, 3.05) is 17.2 Å². The van der Waals surface area contributed by atoms with Crippen LogP contribution < -0.4 is 21.3 Å². The molecule has 0 radical (unpaired) electrons. The van der Waals surface area contributed by atoms with Gasteiger partial charge < -0.3 is 21.3 Å². The number of benzene rings is 2. The van der Waals surface area contributed by atoms with Crippen LogP contribution in [0.1, 0.15) is 18.1 Å². The van der Waals surface area contributed by atoms with E-state index in [1.54, 1.807) is 43.3 Å². The summed E-state index contributed by atoms with van der Waals surface area (Å²) in [5.41, 5.74) is 2.28. The number of urea groups is 1. The molecule has 0 bridgehead atoms. The average Bonchev–Trinajstić information content (AvgIpc) is 2.65. The predicted molar refractivity (Wildman–Crippen MR) is 98.5 cm³/mol. The van der Waals surface area contributed by atoms with Crippen molar-refractivity contribution in [3.8, 4) is 0 Å². The summed E-state index contributed by atoms with van der Waals surface area (Å²) in [5, 5.41) is 10.9. The number of fused-ring (bicyclic) bond motifs is 1. The Balaban J connectivity index is 1.60. The Labute approximate surface area is 151 Å². The van der Waals surface area contributed by atoms with Crippen molar-refractivity contribution in [1.29, 1.82) is 0 Å². The summed E-state index contributed by atoms with van der Waals surface area (Å²) >= 11 is 0. The van der Waals surface area contributed by atoms with Crippen LogP contribution >= 0.6 is 0 Å². The normalized spacial score (nSPS) is 14.1. The molecule has 1 aliphatic rings. The number of carbonyl (C=O) groups is 2. The lowest BCUT2D eigenvalue weighted by atomic mass is 9.99. The lowest BCUT2D eigenvalue weighted by molar-refractivity contribution is -0.117. The van der Waals surface area contributed by atoms with E-state index in [9.17, 15) is 14.0 Å². The van der Waals surface area contributed by atoms with Gasteiger partial charge in [-0.05, 0) is 49.2 Å². The summed E-state index contributed by atoms with van der Waals surface area (Å²) in [6, 6.07) is 10.9. The zero-order valence-electron chi connectivity index (χ0n) is 14.4. The van der Waals surface area contributed by atoms with Crippen LogP contribution in [0.4, 0.5) is 20.6 Å². The van der Waals surface area contributed by atoms with Crippen LogP contribution in [0.2, 0.25) is 0 Å². The summed E-state index contributed by atoms with van der Waals surface area (Å²) in [6.45, 7) is 2.87. The van der Waals surface area contributed by atoms with Crippen LogP contribution in [0, 0.1) is 5.82 Å². The Bertz CT molecular complexity index is 811. The summed E-state index contributed by atoms with van der Waals surface area (Å²) < 4.78 is 14.6. The zero-order chi connectivity index (χ0) is 18.5. The molecule has 1 unspecified atom stereocenters. The first kappa shape index (κ1) is 17.9. The van der Waals surface area contributed by atoms with Gasteiger partial charge in [0, 0.05) is 12.2 Å². The zero-order valence-corrected chi connectivity index (χ0v) is 14.4. The summed E-state index contributed by atoms with van der Waals surface area (Å²) in [6.07, 6.45) is 0.582. The van der Waals surface area contributed by atoms with Crippen LogP contribution in [-0.4, -0.2) is 24.5 Å². The average molecular weight is 356 g/mol. The molecule has 2 aromatic carbocycles. The van der Waals surface area contributed by atoms with Crippen LogP contribution in [0.25, 0.3) is 0 Å². The van der Waals surface area contributed by atoms with E-state index in [0.717, 1.165) is 5.56 Å². The monoisotopic (exact) mass is 356 g/mol. The SMILES string of the molecule is CC(NC(=O)Nc1ccccc1)C(=O)Nc1ccc2c(c1F)CCNC2. The molecule has 1 aliphatic heterocycles. The maximum absolute atomic E-state index is 14.6. The number of hydrogen-bond donors (Lipinski definition) is 4. The van der Waals surface area contributed by atoms with Crippen molar-refractivity contribution in [2.45, 2.75) is 25.9 Å². The molecule has 7 heteroatoms. The van der Waals surface area contributed by atoms with Crippen molar-refractivity contribution >= 4 is 23.3 Å². The van der Waals surface area contributed by atoms with Crippen molar-refractivity contribution < 1.29 is 14.0 Å². The maximum atomic E-state index is 14.6. The van der Waals surface area contributed by atoms with Crippen molar-refractivity contribution in [2.24, 2.45) is 0 Å². The highest BCUT2D eigenvalue weighted by molar-refractivity contribution is 5.99. The smallest absolute Gasteiger partial charge is 0.319 e. The number of rotatable bonds is 4. The van der Waals surface area contributed by atoms with Gasteiger partial charge in [-0.3, -0.25) is 4.79 Å². The summed E-state index contributed by atoms with van der Waals surface area (Å²) in [7, 11) is 0. The second-order valence-electron chi connectivity index (χ2n) is 6.17. The van der Waals surface area contributed by atoms with E-state index in [4.69, 9.17) is 0 Å². The lowest BCUT2D eigenvalue weighted by Crippen LogP contribution is -2.43. The molecule has 4 N–H and O–H groups in total. The number of hydrogen-bond acceptors (Lipinski definition) is 3. The summed E-state index contributed by atoms with van der Waals surface area (Å²) in [5.74, 6) is -0.890. The van der Waals surface area contributed by atoms with E-state index < -0.39 is 23.8 Å². The highest BCUT2D eigenvalue weighted by Crippen LogP contribution is 2.24. The van der Waals surface area contributed by atoms with E-state index in [-0.39, 0.29) is 5.69 Å². The highest BCUT2D eigenvalue weighted by atomic mass is 19.1. The number of halogens is 1. The standard InChI is InChI=1S/C19H21FN4O2/c1-12(22-19(26)23-14-5-3-2-4-6-14)18(25)24-16-8-7-13-11-21-10-9-15(13)17(16)20/h2-8,12,21H,9-11H2,1H3,(H,24,25)(H2,22,23,26). The number of anilines is 2. The van der Waals surface area contributed by atoms with E-state index >= 15 is 0 Å². The van der Waals surface area contributed by atoms with Gasteiger partial charge >= 0.3 is 6.03 Å². The second kappa shape index (κ2) is 7.97. The number of carbonyl (C=O) groups excluding carboxylic acids is 2. The molecule has 136 valence electrons. The van der Waals surface area contributed by atoms with Crippen LogP contribution in [-0.2, 0) is 17.8 Å². The first-order valence-electron chi connectivity index (χ1n) is 8.49. The van der Waals surface area contributed by atoms with Gasteiger partial charge in [0.2, 0.25) is 5.91 Å². The van der Waals surface area contributed by atoms with Crippen LogP contribution in [0.3, 0.4) is 0 Å². The Morgan fingerprint density at radius 3 is 2.65 bits per heavy atom. The summed E-state index contributed by atoms with van der Waals surface area (Å²) in [4.78, 5) is 24.2. The number of nitrogens with one attached hydrogen (secondary N) is 4. The first-order valence-corrected chi connectivity index (χ1v) is 8.49. The second-order valence-corrected chi connectivity index (χ2v) is 6.17. The third kappa shape index (κ3) is 4.18. The van der Waals surface area contributed by atoms with Gasteiger partial charge in [0.25, 0.3) is 0 Å². The van der Waals surface area contributed by atoms with Gasteiger partial charge in [0.1, 0.15) is 11.9 Å². The lowest BCUT2D eigenvalue weighted by Gasteiger charge is -2.20. The van der Waals surface area contributed by atoms with Gasteiger partial charge in [0.15, 0.2) is 0 Å². The third-order valence-corrected chi connectivity index (χ3v) is 4.24. The molecule has 0 saturated carbocycles. The fraction of sp³-hybridized carbons (Fsp3) is 0.263. The predicted octanol–water partition coefficient (Wildman–Crippen LogP) is 2.62. The minimum Gasteiger partial charge on any atom is -0.326 e. The minimum absolute atomic E-state index is 0.132. The molecule has 1 heterocycles. The molecular formula is C19H21FN4O2. The van der Waals surface area contributed by atoms with Crippen molar-refractivity contribution in [1.82, 2.24) is 10.6 Å². The quantitative estimate of drug-likeness (QED) is 0.680. The Morgan fingerprint density at radius 1 is 1.12 bits per heavy atom. The molecule has 0 aliphatic carbocycles. The number of amides is 3. The molecule has 3 amide bonds. The number of para-hydroxylation sites is 1. The minimum atomic E-state index is -0.823. The molecule has 0 spiro atoms. The fourth-order valence-electron chi connectivity index (χ4n) is 2.82. The molecule has 26 heavy (non-hydrogen) atoms. The molecule has 0 aromatic heterocycles. The largest absolute Gasteiger partial charge is 0.326 e. The fourth-order valence-corrected chi connectivity index (χ4v) is 2.82. The van der Waals surface area contributed by atoms with Gasteiger partial charge in [-0.25, -0.2) is 9.18 Å². The Hall–Kier alpha value is -2.93. The molecule has 1 atom stereocenters. The topological polar surface area (TPSA) is 82.3 Å². The molecule has 3 rings (SSSR count). The first-order chi connectivity index (χ1) is 12.5. The van der Waals surface area contributed by atoms with E-state index in [1.165, 1.54) is 0 Å². The van der Waals surface area contributed by atoms with Crippen molar-refractivity contribution in [3.63, 3.8) is 0 Å². The molecule has 2 aromatic rings. The van der Waals surface area contributed by atoms with E-state index in [2.05, 4.69) is 21.3 Å². The van der Waals surface area contributed by atoms with Crippen molar-refractivity contribution in [3.05, 3.63) is 59.4 Å². The molecular weight excluding hydrogens is 335 g/mol. The molecule has 0 saturated heterocycles. The Morgan fingerprint density at radius 2 is 1.88 bits per heavy atom. The third-order valence-electron chi connectivity index (χ3n) is 4.24. The molecule has 0 fully saturated rings. The maximum Gasteiger partial charge on any atom is 0.319 e. The van der Waals surface area contributed by atoms with Gasteiger partial charge in [-0.2, -0.15) is 0 Å². The van der Waals surface area contributed by atoms with Crippen LogP contribution in [0.5, 0.6) is 0 Å². The Kier molecular flexibility index (Phi) is 5.48. The van der Waals surface area contributed by atoms with E-state index in [0.29, 0.717) is 30.8 Å². The highest BCUT2D eigenvalue weighted by Gasteiger charge is 2.20. The van der Waals surface area contributed by atoms with Gasteiger partial charge in [-0.1, -0.05) is 24.3 Å².